The van der Waals surface area contributed by atoms with E-state index in [1.807, 2.05) is 18.7 Å². The summed E-state index contributed by atoms with van der Waals surface area (Å²) in [5, 5.41) is 9.18. The molecule has 1 amide bonds. The van der Waals surface area contributed by atoms with Gasteiger partial charge in [0, 0.05) is 41.8 Å². The molecule has 2 aliphatic heterocycles. The van der Waals surface area contributed by atoms with Crippen LogP contribution < -0.4 is 5.32 Å². The van der Waals surface area contributed by atoms with E-state index >= 15 is 0 Å². The number of aryl methyl sites for hydroxylation is 2. The summed E-state index contributed by atoms with van der Waals surface area (Å²) < 4.78 is 13.2. The molecule has 1 N–H and O–H groups in total. The summed E-state index contributed by atoms with van der Waals surface area (Å²) in [6.45, 7) is 11.7. The third kappa shape index (κ3) is 4.20. The van der Waals surface area contributed by atoms with Gasteiger partial charge in [-0.1, -0.05) is 31.1 Å². The summed E-state index contributed by atoms with van der Waals surface area (Å²) in [5.74, 6) is 1.56. The second-order valence-corrected chi connectivity index (χ2v) is 9.87. The summed E-state index contributed by atoms with van der Waals surface area (Å²) >= 11 is 0. The lowest BCUT2D eigenvalue weighted by molar-refractivity contribution is -0.137. The predicted octanol–water partition coefficient (Wildman–Crippen LogP) is 3.75. The van der Waals surface area contributed by atoms with Crippen LogP contribution in [0.4, 0.5) is 0 Å². The van der Waals surface area contributed by atoms with Crippen molar-refractivity contribution in [2.24, 2.45) is 5.92 Å². The van der Waals surface area contributed by atoms with Gasteiger partial charge in [-0.05, 0) is 49.8 Å². The van der Waals surface area contributed by atoms with Gasteiger partial charge in [0.25, 0.3) is 0 Å². The van der Waals surface area contributed by atoms with Gasteiger partial charge in [0.2, 0.25) is 5.91 Å². The Balaban J connectivity index is 1.56. The molecule has 2 aliphatic rings. The van der Waals surface area contributed by atoms with Crippen LogP contribution in [-0.2, 0) is 22.5 Å². The Labute approximate surface area is 195 Å². The number of hydrogen-bond acceptors (Lipinski definition) is 5. The van der Waals surface area contributed by atoms with E-state index in [4.69, 9.17) is 9.26 Å². The second kappa shape index (κ2) is 8.95. The minimum Gasteiger partial charge on any atom is -0.378 e. The number of ether oxygens (including phenoxy) is 1. The number of aromatic nitrogens is 2. The number of nitrogens with one attached hydrogen (secondary N) is 1. The van der Waals surface area contributed by atoms with E-state index < -0.39 is 0 Å². The first-order valence-electron chi connectivity index (χ1n) is 12.1. The van der Waals surface area contributed by atoms with Crippen LogP contribution in [-0.4, -0.2) is 52.9 Å². The van der Waals surface area contributed by atoms with Gasteiger partial charge >= 0.3 is 0 Å². The zero-order valence-corrected chi connectivity index (χ0v) is 20.1. The molecule has 0 radical (unpaired) electrons. The van der Waals surface area contributed by atoms with Crippen LogP contribution in [0.1, 0.15) is 54.5 Å². The molecule has 4 heterocycles. The molecule has 5 rings (SSSR count). The minimum atomic E-state index is -0.239. The van der Waals surface area contributed by atoms with Gasteiger partial charge in [-0.15, -0.1) is 0 Å². The van der Waals surface area contributed by atoms with Crippen molar-refractivity contribution in [2.45, 2.75) is 59.2 Å². The van der Waals surface area contributed by atoms with Gasteiger partial charge in [-0.2, -0.15) is 0 Å². The third-order valence-corrected chi connectivity index (χ3v) is 7.06. The van der Waals surface area contributed by atoms with Crippen LogP contribution in [0.3, 0.4) is 0 Å². The number of rotatable bonds is 5. The van der Waals surface area contributed by atoms with E-state index in [1.165, 1.54) is 22.0 Å². The average Bonchev–Trinajstić information content (AvgIpc) is 3.27. The predicted molar refractivity (Wildman–Crippen MR) is 127 cm³/mol. The molecule has 2 atom stereocenters. The van der Waals surface area contributed by atoms with Crippen molar-refractivity contribution in [2.75, 3.05) is 26.3 Å². The number of hydrogen-bond donors (Lipinski definition) is 1. The van der Waals surface area contributed by atoms with E-state index in [9.17, 15) is 4.79 Å². The quantitative estimate of drug-likeness (QED) is 0.641. The molecule has 33 heavy (non-hydrogen) atoms. The molecule has 2 aromatic heterocycles. The summed E-state index contributed by atoms with van der Waals surface area (Å²) in [7, 11) is 0. The molecule has 1 saturated heterocycles. The lowest BCUT2D eigenvalue weighted by atomic mass is 9.94. The van der Waals surface area contributed by atoms with E-state index in [0.29, 0.717) is 45.2 Å². The van der Waals surface area contributed by atoms with Gasteiger partial charge in [0.15, 0.2) is 0 Å². The van der Waals surface area contributed by atoms with Crippen LogP contribution in [0.15, 0.2) is 28.9 Å². The fourth-order valence-electron chi connectivity index (χ4n) is 5.38. The van der Waals surface area contributed by atoms with Crippen LogP contribution in [0.5, 0.6) is 0 Å². The van der Waals surface area contributed by atoms with Crippen molar-refractivity contribution in [1.82, 2.24) is 19.9 Å². The Morgan fingerprint density at radius 1 is 1.24 bits per heavy atom. The number of amides is 1. The smallest absolute Gasteiger partial charge is 0.240 e. The summed E-state index contributed by atoms with van der Waals surface area (Å²) in [4.78, 5) is 15.5. The highest BCUT2D eigenvalue weighted by molar-refractivity contribution is 5.90. The van der Waals surface area contributed by atoms with E-state index in [0.717, 1.165) is 23.4 Å². The fraction of sp³-hybridized carbons (Fsp3) is 0.538. The fourth-order valence-corrected chi connectivity index (χ4v) is 5.38. The Hall–Kier alpha value is -2.64. The molecule has 0 bridgehead atoms. The standard InChI is InChI=1S/C26H34N4O3/c1-16(2)12-22-20-6-5-7-24-25(20)19(14-30(24)15-21-17(3)28-33-18(21)4)13-23(27-22)26(31)29-8-10-32-11-9-29/h5-7,14,16,22-23,27H,8-13,15H2,1-4H3. The summed E-state index contributed by atoms with van der Waals surface area (Å²) in [6.07, 6.45) is 3.91. The monoisotopic (exact) mass is 450 g/mol. The van der Waals surface area contributed by atoms with E-state index in [1.54, 1.807) is 0 Å². The van der Waals surface area contributed by atoms with Gasteiger partial charge < -0.3 is 18.7 Å². The Bertz CT molecular complexity index is 1140. The maximum atomic E-state index is 13.5. The zero-order valence-electron chi connectivity index (χ0n) is 20.1. The Morgan fingerprint density at radius 3 is 2.73 bits per heavy atom. The minimum absolute atomic E-state index is 0.139. The molecule has 0 saturated carbocycles. The Kier molecular flexibility index (Phi) is 6.01. The first-order valence-corrected chi connectivity index (χ1v) is 12.1. The van der Waals surface area contributed by atoms with E-state index in [2.05, 4.69) is 53.3 Å². The second-order valence-electron chi connectivity index (χ2n) is 9.87. The molecule has 1 fully saturated rings. The summed E-state index contributed by atoms with van der Waals surface area (Å²) in [6, 6.07) is 6.46. The first-order chi connectivity index (χ1) is 15.9. The lowest BCUT2D eigenvalue weighted by Crippen LogP contribution is -2.51. The molecule has 176 valence electrons. The van der Waals surface area contributed by atoms with Crippen molar-refractivity contribution >= 4 is 16.8 Å². The number of carbonyl (C=O) groups excluding carboxylic acids is 1. The molecule has 2 unspecified atom stereocenters. The van der Waals surface area contributed by atoms with Crippen molar-refractivity contribution in [3.05, 3.63) is 52.5 Å². The van der Waals surface area contributed by atoms with Gasteiger partial charge in [0.05, 0.1) is 31.5 Å². The normalized spacial score (nSPS) is 21.1. The average molecular weight is 451 g/mol. The zero-order chi connectivity index (χ0) is 23.1. The van der Waals surface area contributed by atoms with Crippen molar-refractivity contribution in [3.8, 4) is 0 Å². The summed E-state index contributed by atoms with van der Waals surface area (Å²) in [5.41, 5.74) is 5.79. The van der Waals surface area contributed by atoms with Gasteiger partial charge in [0.1, 0.15) is 5.76 Å². The molecule has 1 aromatic carbocycles. The number of carbonyl (C=O) groups is 1. The first kappa shape index (κ1) is 22.2. The molecular formula is C26H34N4O3. The van der Waals surface area contributed by atoms with E-state index in [-0.39, 0.29) is 18.0 Å². The number of benzene rings is 1. The lowest BCUT2D eigenvalue weighted by Gasteiger charge is -2.32. The highest BCUT2D eigenvalue weighted by atomic mass is 16.5. The van der Waals surface area contributed by atoms with Gasteiger partial charge in [-0.3, -0.25) is 10.1 Å². The topological polar surface area (TPSA) is 72.5 Å². The van der Waals surface area contributed by atoms with Crippen LogP contribution >= 0.6 is 0 Å². The third-order valence-electron chi connectivity index (χ3n) is 7.06. The maximum absolute atomic E-state index is 13.5. The highest BCUT2D eigenvalue weighted by Crippen LogP contribution is 2.36. The van der Waals surface area contributed by atoms with Crippen LogP contribution in [0.2, 0.25) is 0 Å². The van der Waals surface area contributed by atoms with Crippen molar-refractivity contribution in [3.63, 3.8) is 0 Å². The maximum Gasteiger partial charge on any atom is 0.240 e. The number of nitrogens with zero attached hydrogens (tertiary/aromatic N) is 3. The highest BCUT2D eigenvalue weighted by Gasteiger charge is 2.33. The van der Waals surface area contributed by atoms with Crippen LogP contribution in [0, 0.1) is 19.8 Å². The molecule has 0 spiro atoms. The number of morpholine rings is 1. The molecular weight excluding hydrogens is 416 g/mol. The van der Waals surface area contributed by atoms with Crippen molar-refractivity contribution in [1.29, 1.82) is 0 Å². The molecule has 3 aromatic rings. The Morgan fingerprint density at radius 2 is 2.03 bits per heavy atom. The largest absolute Gasteiger partial charge is 0.378 e. The van der Waals surface area contributed by atoms with Crippen molar-refractivity contribution < 1.29 is 14.1 Å². The van der Waals surface area contributed by atoms with Crippen LogP contribution in [0.25, 0.3) is 10.9 Å². The van der Waals surface area contributed by atoms with Gasteiger partial charge in [-0.25, -0.2) is 0 Å². The molecule has 7 nitrogen and oxygen atoms in total. The molecule has 7 heteroatoms. The molecule has 0 aliphatic carbocycles. The SMILES string of the molecule is Cc1noc(C)c1Cn1cc2c3c(cccc31)C(CC(C)C)NC(C(=O)N1CCOCC1)C2.